The zero-order valence-electron chi connectivity index (χ0n) is 21.1. The van der Waals surface area contributed by atoms with E-state index in [0.29, 0.717) is 5.82 Å². The van der Waals surface area contributed by atoms with Crippen molar-refractivity contribution in [2.24, 2.45) is 0 Å². The van der Waals surface area contributed by atoms with Gasteiger partial charge in [-0.2, -0.15) is 0 Å². The van der Waals surface area contributed by atoms with Gasteiger partial charge in [0.2, 0.25) is 0 Å². The molecule has 0 N–H and O–H groups in total. The van der Waals surface area contributed by atoms with Crippen molar-refractivity contribution in [3.63, 3.8) is 0 Å². The van der Waals surface area contributed by atoms with Gasteiger partial charge in [-0.1, -0.05) is 92.7 Å². The summed E-state index contributed by atoms with van der Waals surface area (Å²) in [4.78, 5) is 15.2. The summed E-state index contributed by atoms with van der Waals surface area (Å²) in [6, 6.07) is 32.2. The van der Waals surface area contributed by atoms with Crippen LogP contribution >= 0.6 is 11.3 Å². The highest BCUT2D eigenvalue weighted by atomic mass is 32.1. The normalized spacial score (nSPS) is 13.7. The summed E-state index contributed by atoms with van der Waals surface area (Å²) in [7, 11) is 0. The molecule has 0 spiro atoms. The van der Waals surface area contributed by atoms with Crippen LogP contribution in [0.25, 0.3) is 64.8 Å². The molecule has 3 heterocycles. The molecule has 0 amide bonds. The molecule has 0 fully saturated rings. The second-order valence-electron chi connectivity index (χ2n) is 10.5. The molecule has 0 bridgehead atoms. The number of nitrogens with zero attached hydrogens (tertiary/aromatic N) is 3. The van der Waals surface area contributed by atoms with Crippen molar-refractivity contribution in [3.8, 4) is 33.9 Å². The fraction of sp³-hybridized carbons (Fsp3) is 0.0882. The molecule has 0 saturated heterocycles. The van der Waals surface area contributed by atoms with Crippen molar-refractivity contribution in [2.45, 2.75) is 19.3 Å². The molecule has 7 aromatic rings. The number of hydrogen-bond acceptors (Lipinski definition) is 4. The number of benzene rings is 4. The van der Waals surface area contributed by atoms with Gasteiger partial charge in [0.15, 0.2) is 5.82 Å². The Morgan fingerprint density at radius 2 is 1.34 bits per heavy atom. The second-order valence-corrected chi connectivity index (χ2v) is 11.6. The van der Waals surface area contributed by atoms with Gasteiger partial charge in [0.1, 0.15) is 0 Å². The predicted molar refractivity (Wildman–Crippen MR) is 159 cm³/mol. The minimum absolute atomic E-state index is 0.269. The van der Waals surface area contributed by atoms with Gasteiger partial charge in [-0.25, -0.2) is 9.97 Å². The Balaban J connectivity index is 1.51. The molecule has 8 rings (SSSR count). The van der Waals surface area contributed by atoms with Crippen molar-refractivity contribution < 1.29 is 0 Å². The van der Waals surface area contributed by atoms with Gasteiger partial charge in [-0.3, -0.25) is 4.98 Å². The molecule has 4 heteroatoms. The van der Waals surface area contributed by atoms with Crippen LogP contribution in [0.2, 0.25) is 0 Å². The number of rotatable bonds is 2. The van der Waals surface area contributed by atoms with Crippen molar-refractivity contribution >= 4 is 42.3 Å². The second kappa shape index (κ2) is 7.80. The zero-order chi connectivity index (χ0) is 25.4. The number of thiophene rings is 1. The predicted octanol–water partition coefficient (Wildman–Crippen LogP) is 9.03. The molecule has 1 aliphatic carbocycles. The lowest BCUT2D eigenvalue weighted by atomic mass is 9.79. The average molecular weight is 506 g/mol. The minimum Gasteiger partial charge on any atom is -0.263 e. The molecule has 0 unspecified atom stereocenters. The van der Waals surface area contributed by atoms with Gasteiger partial charge in [-0.15, -0.1) is 11.3 Å². The van der Waals surface area contributed by atoms with Crippen LogP contribution in [-0.4, -0.2) is 15.0 Å². The maximum absolute atomic E-state index is 5.32. The summed E-state index contributed by atoms with van der Waals surface area (Å²) < 4.78 is 2.64. The highest BCUT2D eigenvalue weighted by molar-refractivity contribution is 7.25. The van der Waals surface area contributed by atoms with Crippen molar-refractivity contribution in [1.29, 1.82) is 0 Å². The van der Waals surface area contributed by atoms with Crippen LogP contribution in [0.5, 0.6) is 0 Å². The first-order chi connectivity index (χ1) is 18.6. The maximum atomic E-state index is 5.32. The van der Waals surface area contributed by atoms with Gasteiger partial charge in [0, 0.05) is 65.6 Å². The molecule has 1 aliphatic rings. The standard InChI is InChI=1S/C34H23N3S/c1-34(2)29-24(16-17-27-28(29)23-14-8-9-15-26(23)38-27)32-30(34)31(20-10-4-3-5-11-20)36-33(37-32)25-19-35-18-21-12-6-7-13-22(21)25/h3-19H,1-2H3. The van der Waals surface area contributed by atoms with Crippen molar-refractivity contribution in [3.05, 3.63) is 115 Å². The molecule has 0 radical (unpaired) electrons. The number of aromatic nitrogens is 3. The van der Waals surface area contributed by atoms with E-state index in [0.717, 1.165) is 33.3 Å². The minimum atomic E-state index is -0.269. The monoisotopic (exact) mass is 505 g/mol. The highest BCUT2D eigenvalue weighted by Gasteiger charge is 2.42. The fourth-order valence-corrected chi connectivity index (χ4v) is 7.37. The van der Waals surface area contributed by atoms with E-state index in [1.54, 1.807) is 0 Å². The van der Waals surface area contributed by atoms with Gasteiger partial charge >= 0.3 is 0 Å². The first-order valence-corrected chi connectivity index (χ1v) is 13.7. The SMILES string of the molecule is CC1(C)c2c(-c3ccccc3)nc(-c3cncc4ccccc34)nc2-c2ccc3sc4ccccc4c3c21. The average Bonchev–Trinajstić information content (AvgIpc) is 3.45. The third kappa shape index (κ3) is 2.92. The third-order valence-electron chi connectivity index (χ3n) is 7.91. The van der Waals surface area contributed by atoms with Gasteiger partial charge < -0.3 is 0 Å². The molecular weight excluding hydrogens is 482 g/mol. The fourth-order valence-electron chi connectivity index (χ4n) is 6.26. The summed E-state index contributed by atoms with van der Waals surface area (Å²) in [5.74, 6) is 0.714. The molecule has 3 aromatic heterocycles. The molecule has 38 heavy (non-hydrogen) atoms. The van der Waals surface area contributed by atoms with Crippen LogP contribution in [0.3, 0.4) is 0 Å². The molecule has 4 aromatic carbocycles. The quantitative estimate of drug-likeness (QED) is 0.235. The summed E-state index contributed by atoms with van der Waals surface area (Å²) in [5.41, 5.74) is 7.56. The van der Waals surface area contributed by atoms with E-state index in [-0.39, 0.29) is 5.41 Å². The van der Waals surface area contributed by atoms with Crippen LogP contribution in [0.1, 0.15) is 25.0 Å². The van der Waals surface area contributed by atoms with E-state index in [9.17, 15) is 0 Å². The van der Waals surface area contributed by atoms with E-state index in [1.807, 2.05) is 29.8 Å². The zero-order valence-corrected chi connectivity index (χ0v) is 21.9. The van der Waals surface area contributed by atoms with E-state index >= 15 is 0 Å². The molecule has 180 valence electrons. The Labute approximate surface area is 224 Å². The first-order valence-electron chi connectivity index (χ1n) is 12.9. The van der Waals surface area contributed by atoms with Gasteiger partial charge in [0.05, 0.1) is 11.4 Å². The van der Waals surface area contributed by atoms with E-state index < -0.39 is 0 Å². The lowest BCUT2D eigenvalue weighted by Gasteiger charge is -2.24. The van der Waals surface area contributed by atoms with Crippen LogP contribution in [0.4, 0.5) is 0 Å². The van der Waals surface area contributed by atoms with Crippen molar-refractivity contribution in [1.82, 2.24) is 15.0 Å². The Morgan fingerprint density at radius 1 is 0.605 bits per heavy atom. The van der Waals surface area contributed by atoms with E-state index in [4.69, 9.17) is 9.97 Å². The van der Waals surface area contributed by atoms with Crippen molar-refractivity contribution in [2.75, 3.05) is 0 Å². The highest BCUT2D eigenvalue weighted by Crippen LogP contribution is 2.55. The molecule has 0 saturated carbocycles. The summed E-state index contributed by atoms with van der Waals surface area (Å²) in [6.45, 7) is 4.66. The molecule has 3 nitrogen and oxygen atoms in total. The summed E-state index contributed by atoms with van der Waals surface area (Å²) in [6.07, 6.45) is 3.80. The Hall–Kier alpha value is -4.41. The molecule has 0 aliphatic heterocycles. The lowest BCUT2D eigenvalue weighted by molar-refractivity contribution is 0.664. The Morgan fingerprint density at radius 3 is 2.21 bits per heavy atom. The summed E-state index contributed by atoms with van der Waals surface area (Å²) >= 11 is 1.86. The third-order valence-corrected chi connectivity index (χ3v) is 9.05. The number of hydrogen-bond donors (Lipinski definition) is 0. The first kappa shape index (κ1) is 21.7. The lowest BCUT2D eigenvalue weighted by Crippen LogP contribution is -2.18. The topological polar surface area (TPSA) is 38.7 Å². The Kier molecular flexibility index (Phi) is 4.44. The summed E-state index contributed by atoms with van der Waals surface area (Å²) in [5, 5.41) is 4.86. The largest absolute Gasteiger partial charge is 0.263 e. The number of pyridine rings is 1. The van der Waals surface area contributed by atoms with E-state index in [1.165, 1.54) is 36.9 Å². The van der Waals surface area contributed by atoms with Crippen LogP contribution in [-0.2, 0) is 5.41 Å². The van der Waals surface area contributed by atoms with Crippen LogP contribution in [0, 0.1) is 0 Å². The molecular formula is C34H23N3S. The molecule has 0 atom stereocenters. The van der Waals surface area contributed by atoms with Gasteiger partial charge in [0.25, 0.3) is 0 Å². The Bertz CT molecular complexity index is 2050. The van der Waals surface area contributed by atoms with Crippen LogP contribution < -0.4 is 0 Å². The van der Waals surface area contributed by atoms with Crippen LogP contribution in [0.15, 0.2) is 103 Å². The smallest absolute Gasteiger partial charge is 0.162 e. The maximum Gasteiger partial charge on any atom is 0.162 e. The van der Waals surface area contributed by atoms with E-state index in [2.05, 4.69) is 104 Å². The number of fused-ring (bicyclic) bond motifs is 8. The van der Waals surface area contributed by atoms with Gasteiger partial charge in [-0.05, 0) is 23.1 Å².